The lowest BCUT2D eigenvalue weighted by atomic mass is 10.1. The van der Waals surface area contributed by atoms with E-state index >= 15 is 0 Å². The van der Waals surface area contributed by atoms with Gasteiger partial charge in [0.1, 0.15) is 11.5 Å². The Labute approximate surface area is 181 Å². The highest BCUT2D eigenvalue weighted by molar-refractivity contribution is 6.35. The van der Waals surface area contributed by atoms with Crippen LogP contribution >= 0.6 is 23.2 Å². The van der Waals surface area contributed by atoms with Crippen LogP contribution in [0.25, 0.3) is 0 Å². The standard InChI is InChI=1S/C22H13Cl2NO5/c23-13-8-9-19(18(24)10-13)29-12-20(26)30-15-5-3-4-14(11-15)25-21(27)16-6-1-2-7-17(16)22(25)28/h1-11H,12H2. The van der Waals surface area contributed by atoms with Crippen LogP contribution in [-0.2, 0) is 4.79 Å². The van der Waals surface area contributed by atoms with Gasteiger partial charge in [-0.15, -0.1) is 0 Å². The Bertz CT molecular complexity index is 1140. The number of nitrogens with zero attached hydrogens (tertiary/aromatic N) is 1. The van der Waals surface area contributed by atoms with Crippen molar-refractivity contribution in [1.29, 1.82) is 0 Å². The summed E-state index contributed by atoms with van der Waals surface area (Å²) in [6.45, 7) is -0.390. The lowest BCUT2D eigenvalue weighted by Gasteiger charge is -2.15. The third kappa shape index (κ3) is 3.87. The lowest BCUT2D eigenvalue weighted by molar-refractivity contribution is -0.136. The highest BCUT2D eigenvalue weighted by Gasteiger charge is 2.36. The molecule has 0 bridgehead atoms. The zero-order chi connectivity index (χ0) is 21.3. The van der Waals surface area contributed by atoms with E-state index < -0.39 is 24.4 Å². The van der Waals surface area contributed by atoms with E-state index in [9.17, 15) is 14.4 Å². The molecule has 30 heavy (non-hydrogen) atoms. The second kappa shape index (κ2) is 8.18. The molecule has 1 heterocycles. The molecular weight excluding hydrogens is 429 g/mol. The van der Waals surface area contributed by atoms with Gasteiger partial charge < -0.3 is 9.47 Å². The predicted molar refractivity (Wildman–Crippen MR) is 112 cm³/mol. The second-order valence-electron chi connectivity index (χ2n) is 6.33. The maximum Gasteiger partial charge on any atom is 0.349 e. The number of halogens is 2. The fourth-order valence-corrected chi connectivity index (χ4v) is 3.46. The summed E-state index contributed by atoms with van der Waals surface area (Å²) in [7, 11) is 0. The van der Waals surface area contributed by atoms with Gasteiger partial charge >= 0.3 is 5.97 Å². The molecule has 4 rings (SSSR count). The summed E-state index contributed by atoms with van der Waals surface area (Å²) in [5.74, 6) is -1.09. The Balaban J connectivity index is 1.46. The molecule has 1 aliphatic rings. The van der Waals surface area contributed by atoms with Crippen molar-refractivity contribution in [3.8, 4) is 11.5 Å². The van der Waals surface area contributed by atoms with Gasteiger partial charge in [-0.1, -0.05) is 41.4 Å². The molecule has 6 nitrogen and oxygen atoms in total. The summed E-state index contributed by atoms with van der Waals surface area (Å²) in [5.41, 5.74) is 0.962. The van der Waals surface area contributed by atoms with Crippen LogP contribution in [0.2, 0.25) is 10.0 Å². The molecule has 0 aromatic heterocycles. The number of carbonyl (C=O) groups excluding carboxylic acids is 3. The average molecular weight is 442 g/mol. The Morgan fingerprint density at radius 1 is 0.867 bits per heavy atom. The first kappa shape index (κ1) is 19.9. The van der Waals surface area contributed by atoms with E-state index in [1.165, 1.54) is 18.2 Å². The molecule has 0 saturated carbocycles. The molecule has 2 amide bonds. The summed E-state index contributed by atoms with van der Waals surface area (Å²) in [4.78, 5) is 38.4. The van der Waals surface area contributed by atoms with Gasteiger partial charge in [0, 0.05) is 11.1 Å². The number of anilines is 1. The van der Waals surface area contributed by atoms with Gasteiger partial charge in [0.05, 0.1) is 21.8 Å². The molecule has 8 heteroatoms. The second-order valence-corrected chi connectivity index (χ2v) is 7.17. The maximum absolute atomic E-state index is 12.6. The van der Waals surface area contributed by atoms with E-state index in [4.69, 9.17) is 32.7 Å². The van der Waals surface area contributed by atoms with Crippen molar-refractivity contribution in [2.75, 3.05) is 11.5 Å². The predicted octanol–water partition coefficient (Wildman–Crippen LogP) is 4.78. The van der Waals surface area contributed by atoms with Crippen molar-refractivity contribution in [3.05, 3.63) is 87.9 Å². The molecule has 0 N–H and O–H groups in total. The van der Waals surface area contributed by atoms with E-state index in [0.29, 0.717) is 21.8 Å². The number of fused-ring (bicyclic) bond motifs is 1. The van der Waals surface area contributed by atoms with Crippen molar-refractivity contribution in [2.45, 2.75) is 0 Å². The maximum atomic E-state index is 12.6. The Morgan fingerprint density at radius 3 is 2.23 bits per heavy atom. The molecular formula is C22H13Cl2NO5. The number of rotatable bonds is 5. The van der Waals surface area contributed by atoms with E-state index in [1.54, 1.807) is 48.5 Å². The quantitative estimate of drug-likeness (QED) is 0.323. The summed E-state index contributed by atoms with van der Waals surface area (Å²) in [6.07, 6.45) is 0. The van der Waals surface area contributed by atoms with E-state index in [1.807, 2.05) is 0 Å². The van der Waals surface area contributed by atoms with Crippen molar-refractivity contribution in [2.24, 2.45) is 0 Å². The van der Waals surface area contributed by atoms with Crippen molar-refractivity contribution >= 4 is 46.7 Å². The zero-order valence-electron chi connectivity index (χ0n) is 15.3. The van der Waals surface area contributed by atoms with Gasteiger partial charge in [-0.2, -0.15) is 0 Å². The van der Waals surface area contributed by atoms with Gasteiger partial charge in [-0.3, -0.25) is 9.59 Å². The first-order valence-electron chi connectivity index (χ1n) is 8.80. The van der Waals surface area contributed by atoms with Crippen LogP contribution in [0.3, 0.4) is 0 Å². The number of esters is 1. The molecule has 1 aliphatic heterocycles. The molecule has 0 fully saturated rings. The van der Waals surface area contributed by atoms with Crippen molar-refractivity contribution in [1.82, 2.24) is 0 Å². The van der Waals surface area contributed by atoms with Crippen LogP contribution in [0.15, 0.2) is 66.7 Å². The number of hydrogen-bond acceptors (Lipinski definition) is 5. The van der Waals surface area contributed by atoms with Crippen LogP contribution in [0.1, 0.15) is 20.7 Å². The largest absolute Gasteiger partial charge is 0.480 e. The number of amides is 2. The van der Waals surface area contributed by atoms with Crippen LogP contribution in [0, 0.1) is 0 Å². The minimum atomic E-state index is -0.680. The zero-order valence-corrected chi connectivity index (χ0v) is 16.8. The number of ether oxygens (including phenoxy) is 2. The number of carbonyl (C=O) groups is 3. The highest BCUT2D eigenvalue weighted by atomic mass is 35.5. The number of hydrogen-bond donors (Lipinski definition) is 0. The van der Waals surface area contributed by atoms with Crippen LogP contribution in [-0.4, -0.2) is 24.4 Å². The first-order chi connectivity index (χ1) is 14.4. The van der Waals surface area contributed by atoms with Gasteiger partial charge in [0.2, 0.25) is 0 Å². The average Bonchev–Trinajstić information content (AvgIpc) is 2.98. The Morgan fingerprint density at radius 2 is 1.57 bits per heavy atom. The Kier molecular flexibility index (Phi) is 5.44. The normalized spacial score (nSPS) is 12.7. The van der Waals surface area contributed by atoms with Gasteiger partial charge in [-0.05, 0) is 42.5 Å². The molecule has 0 spiro atoms. The third-order valence-electron chi connectivity index (χ3n) is 4.34. The van der Waals surface area contributed by atoms with Gasteiger partial charge in [0.25, 0.3) is 11.8 Å². The van der Waals surface area contributed by atoms with E-state index in [2.05, 4.69) is 0 Å². The molecule has 0 aliphatic carbocycles. The minimum Gasteiger partial charge on any atom is -0.480 e. The number of benzene rings is 3. The minimum absolute atomic E-state index is 0.167. The fraction of sp³-hybridized carbons (Fsp3) is 0.0455. The van der Waals surface area contributed by atoms with Crippen LogP contribution < -0.4 is 14.4 Å². The molecule has 3 aromatic carbocycles. The molecule has 0 atom stereocenters. The summed E-state index contributed by atoms with van der Waals surface area (Å²) in [6, 6.07) is 17.3. The fourth-order valence-electron chi connectivity index (χ4n) is 3.00. The Hall–Kier alpha value is -3.35. The smallest absolute Gasteiger partial charge is 0.349 e. The molecule has 0 saturated heterocycles. The van der Waals surface area contributed by atoms with E-state index in [-0.39, 0.29) is 16.5 Å². The summed E-state index contributed by atoms with van der Waals surface area (Å²) in [5, 5.41) is 0.711. The first-order valence-corrected chi connectivity index (χ1v) is 9.56. The lowest BCUT2D eigenvalue weighted by Crippen LogP contribution is -2.29. The van der Waals surface area contributed by atoms with Crippen molar-refractivity contribution < 1.29 is 23.9 Å². The van der Waals surface area contributed by atoms with Gasteiger partial charge in [-0.25, -0.2) is 9.69 Å². The number of imide groups is 1. The topological polar surface area (TPSA) is 72.9 Å². The molecule has 3 aromatic rings. The van der Waals surface area contributed by atoms with Crippen LogP contribution in [0.4, 0.5) is 5.69 Å². The van der Waals surface area contributed by atoms with Crippen molar-refractivity contribution in [3.63, 3.8) is 0 Å². The van der Waals surface area contributed by atoms with E-state index in [0.717, 1.165) is 4.90 Å². The molecule has 0 unspecified atom stereocenters. The van der Waals surface area contributed by atoms with Crippen LogP contribution in [0.5, 0.6) is 11.5 Å². The van der Waals surface area contributed by atoms with Gasteiger partial charge in [0.15, 0.2) is 6.61 Å². The molecule has 150 valence electrons. The summed E-state index contributed by atoms with van der Waals surface area (Å²) < 4.78 is 10.6. The highest BCUT2D eigenvalue weighted by Crippen LogP contribution is 2.31. The monoisotopic (exact) mass is 441 g/mol. The summed E-state index contributed by atoms with van der Waals surface area (Å²) >= 11 is 11.8. The molecule has 0 radical (unpaired) electrons. The third-order valence-corrected chi connectivity index (χ3v) is 4.87. The SMILES string of the molecule is O=C(COc1ccc(Cl)cc1Cl)Oc1cccc(N2C(=O)c3ccccc3C2=O)c1.